The largest absolute Gasteiger partial charge is 0.365 e. The molecule has 0 radical (unpaired) electrons. The Hall–Kier alpha value is -1.39. The molecule has 0 aromatic carbocycles. The fourth-order valence-electron chi connectivity index (χ4n) is 2.13. The number of rotatable bonds is 6. The lowest BCUT2D eigenvalue weighted by molar-refractivity contribution is 0.0459. The summed E-state index contributed by atoms with van der Waals surface area (Å²) in [6.45, 7) is 5.67. The highest BCUT2D eigenvalue weighted by Crippen LogP contribution is 2.14. The number of hydrogen-bond acceptors (Lipinski definition) is 4. The highest BCUT2D eigenvalue weighted by atomic mass is 16.5. The zero-order chi connectivity index (χ0) is 13.3. The monoisotopic (exact) mass is 261 g/mol. The van der Waals surface area contributed by atoms with Crippen LogP contribution >= 0.6 is 0 Å². The van der Waals surface area contributed by atoms with E-state index in [-0.39, 0.29) is 6.23 Å². The predicted octanol–water partition coefficient (Wildman–Crippen LogP) is 2.19. The summed E-state index contributed by atoms with van der Waals surface area (Å²) >= 11 is 0. The van der Waals surface area contributed by atoms with Crippen molar-refractivity contribution in [3.8, 4) is 0 Å². The number of unbranched alkanes of at least 4 members (excludes halogenated alkanes) is 1. The average Bonchev–Trinajstić information content (AvgIpc) is 2.48. The van der Waals surface area contributed by atoms with Crippen LogP contribution in [-0.2, 0) is 4.74 Å². The van der Waals surface area contributed by atoms with E-state index >= 15 is 0 Å². The second kappa shape index (κ2) is 7.92. The summed E-state index contributed by atoms with van der Waals surface area (Å²) < 4.78 is 5.82. The molecule has 1 saturated heterocycles. The Labute approximate surface area is 115 Å². The van der Waals surface area contributed by atoms with Crippen LogP contribution in [0.2, 0.25) is 0 Å². The number of nitrogens with zero attached hydrogens (tertiary/aromatic N) is 2. The number of ether oxygens (including phenoxy) is 1. The molecule has 2 rings (SSSR count). The summed E-state index contributed by atoms with van der Waals surface area (Å²) in [6.07, 6.45) is 10.4. The number of allylic oxidation sites excluding steroid dienone is 1. The second-order valence-electron chi connectivity index (χ2n) is 4.69. The molecule has 4 heteroatoms. The first-order chi connectivity index (χ1) is 9.40. The molecule has 104 valence electrons. The van der Waals surface area contributed by atoms with Crippen LogP contribution in [0.4, 0.5) is 5.69 Å². The van der Waals surface area contributed by atoms with Crippen molar-refractivity contribution in [2.75, 3.05) is 31.1 Å². The predicted molar refractivity (Wildman–Crippen MR) is 78.2 cm³/mol. The summed E-state index contributed by atoms with van der Waals surface area (Å²) in [5.74, 6) is 0. The van der Waals surface area contributed by atoms with E-state index in [2.05, 4.69) is 40.3 Å². The minimum atomic E-state index is 0.0974. The first-order valence-electron chi connectivity index (χ1n) is 7.05. The summed E-state index contributed by atoms with van der Waals surface area (Å²) in [5.41, 5.74) is 1.17. The van der Waals surface area contributed by atoms with Crippen LogP contribution in [0.15, 0.2) is 36.7 Å². The molecule has 4 nitrogen and oxygen atoms in total. The van der Waals surface area contributed by atoms with Gasteiger partial charge in [-0.25, -0.2) is 0 Å². The zero-order valence-corrected chi connectivity index (χ0v) is 11.6. The number of pyridine rings is 1. The smallest absolute Gasteiger partial charge is 0.126 e. The van der Waals surface area contributed by atoms with Gasteiger partial charge in [-0.1, -0.05) is 25.5 Å². The van der Waals surface area contributed by atoms with Crippen LogP contribution in [0.5, 0.6) is 0 Å². The van der Waals surface area contributed by atoms with Crippen LogP contribution in [0.3, 0.4) is 0 Å². The number of aromatic nitrogens is 1. The van der Waals surface area contributed by atoms with Gasteiger partial charge in [0.25, 0.3) is 0 Å². The number of anilines is 1. The minimum absolute atomic E-state index is 0.0974. The fourth-order valence-corrected chi connectivity index (χ4v) is 2.13. The third kappa shape index (κ3) is 4.65. The van der Waals surface area contributed by atoms with E-state index in [9.17, 15) is 0 Å². The SMILES string of the molecule is CCC/C=C/COC1CN(c2cccnc2)CCN1. The van der Waals surface area contributed by atoms with Gasteiger partial charge >= 0.3 is 0 Å². The Morgan fingerprint density at radius 1 is 1.53 bits per heavy atom. The van der Waals surface area contributed by atoms with Crippen LogP contribution in [0.1, 0.15) is 19.8 Å². The highest BCUT2D eigenvalue weighted by molar-refractivity contribution is 5.44. The third-order valence-electron chi connectivity index (χ3n) is 3.17. The second-order valence-corrected chi connectivity index (χ2v) is 4.69. The summed E-state index contributed by atoms with van der Waals surface area (Å²) in [7, 11) is 0. The van der Waals surface area contributed by atoms with Crippen molar-refractivity contribution in [3.63, 3.8) is 0 Å². The normalized spacial score (nSPS) is 20.1. The van der Waals surface area contributed by atoms with E-state index in [1.54, 1.807) is 6.20 Å². The van der Waals surface area contributed by atoms with Gasteiger partial charge in [0.2, 0.25) is 0 Å². The number of piperazine rings is 1. The summed E-state index contributed by atoms with van der Waals surface area (Å²) in [6, 6.07) is 4.07. The van der Waals surface area contributed by atoms with Gasteiger partial charge in [-0.05, 0) is 18.6 Å². The van der Waals surface area contributed by atoms with Gasteiger partial charge in [-0.2, -0.15) is 0 Å². The minimum Gasteiger partial charge on any atom is -0.365 e. The molecule has 0 bridgehead atoms. The van der Waals surface area contributed by atoms with Gasteiger partial charge in [0, 0.05) is 19.3 Å². The van der Waals surface area contributed by atoms with E-state index in [0.717, 1.165) is 26.1 Å². The van der Waals surface area contributed by atoms with E-state index in [0.29, 0.717) is 6.61 Å². The molecule has 2 heterocycles. The molecule has 1 aliphatic heterocycles. The molecular weight excluding hydrogens is 238 g/mol. The van der Waals surface area contributed by atoms with Crippen molar-refractivity contribution in [2.24, 2.45) is 0 Å². The maximum Gasteiger partial charge on any atom is 0.126 e. The lowest BCUT2D eigenvalue weighted by Crippen LogP contribution is -2.52. The molecular formula is C15H23N3O. The van der Waals surface area contributed by atoms with Crippen LogP contribution < -0.4 is 10.2 Å². The van der Waals surface area contributed by atoms with E-state index < -0.39 is 0 Å². The van der Waals surface area contributed by atoms with Gasteiger partial charge in [-0.15, -0.1) is 0 Å². The number of hydrogen-bond donors (Lipinski definition) is 1. The van der Waals surface area contributed by atoms with Crippen molar-refractivity contribution in [1.82, 2.24) is 10.3 Å². The molecule has 1 fully saturated rings. The van der Waals surface area contributed by atoms with E-state index in [4.69, 9.17) is 4.74 Å². The maximum absolute atomic E-state index is 5.82. The molecule has 1 unspecified atom stereocenters. The standard InChI is InChI=1S/C15H23N3O/c1-2-3-4-5-11-19-15-13-18(10-9-17-15)14-7-6-8-16-12-14/h4-8,12,15,17H,2-3,9-11,13H2,1H3/b5-4+. The molecule has 19 heavy (non-hydrogen) atoms. The van der Waals surface area contributed by atoms with Crippen molar-refractivity contribution < 1.29 is 4.74 Å². The molecule has 0 saturated carbocycles. The third-order valence-corrected chi connectivity index (χ3v) is 3.17. The van der Waals surface area contributed by atoms with Crippen LogP contribution in [-0.4, -0.2) is 37.5 Å². The van der Waals surface area contributed by atoms with Crippen LogP contribution in [0.25, 0.3) is 0 Å². The van der Waals surface area contributed by atoms with E-state index in [1.165, 1.54) is 12.1 Å². The summed E-state index contributed by atoms with van der Waals surface area (Å²) in [4.78, 5) is 6.48. The Balaban J connectivity index is 1.78. The Kier molecular flexibility index (Phi) is 5.85. The zero-order valence-electron chi connectivity index (χ0n) is 11.6. The maximum atomic E-state index is 5.82. The molecule has 0 spiro atoms. The molecule has 0 amide bonds. The van der Waals surface area contributed by atoms with Crippen molar-refractivity contribution in [2.45, 2.75) is 26.0 Å². The van der Waals surface area contributed by atoms with Gasteiger partial charge in [0.1, 0.15) is 6.23 Å². The topological polar surface area (TPSA) is 37.4 Å². The molecule has 1 aliphatic rings. The van der Waals surface area contributed by atoms with Crippen molar-refractivity contribution in [1.29, 1.82) is 0 Å². The average molecular weight is 261 g/mol. The Morgan fingerprint density at radius 2 is 2.47 bits per heavy atom. The molecule has 1 N–H and O–H groups in total. The quantitative estimate of drug-likeness (QED) is 0.797. The molecule has 1 aromatic heterocycles. The highest BCUT2D eigenvalue weighted by Gasteiger charge is 2.19. The first kappa shape index (κ1) is 14.0. The molecule has 1 aromatic rings. The lowest BCUT2D eigenvalue weighted by atomic mass is 10.3. The lowest BCUT2D eigenvalue weighted by Gasteiger charge is -2.34. The van der Waals surface area contributed by atoms with Gasteiger partial charge in [-0.3, -0.25) is 10.3 Å². The molecule has 1 atom stereocenters. The van der Waals surface area contributed by atoms with Gasteiger partial charge in [0.15, 0.2) is 0 Å². The molecule has 0 aliphatic carbocycles. The van der Waals surface area contributed by atoms with Crippen molar-refractivity contribution >= 4 is 5.69 Å². The van der Waals surface area contributed by atoms with Gasteiger partial charge in [0.05, 0.1) is 25.0 Å². The van der Waals surface area contributed by atoms with Crippen molar-refractivity contribution in [3.05, 3.63) is 36.7 Å². The van der Waals surface area contributed by atoms with E-state index in [1.807, 2.05) is 12.3 Å². The van der Waals surface area contributed by atoms with Crippen LogP contribution in [0, 0.1) is 0 Å². The Morgan fingerprint density at radius 3 is 3.26 bits per heavy atom. The summed E-state index contributed by atoms with van der Waals surface area (Å²) in [5, 5.41) is 3.39. The Bertz CT molecular complexity index is 380. The fraction of sp³-hybridized carbons (Fsp3) is 0.533. The van der Waals surface area contributed by atoms with Gasteiger partial charge < -0.3 is 9.64 Å². The number of nitrogens with one attached hydrogen (secondary N) is 1. The first-order valence-corrected chi connectivity index (χ1v) is 7.05.